The van der Waals surface area contributed by atoms with Gasteiger partial charge in [0, 0.05) is 6.54 Å². The zero-order chi connectivity index (χ0) is 16.9. The Balaban J connectivity index is 1.82. The molecule has 1 fully saturated rings. The standard InChI is InChI=1S/C16H21N3O4/c1-16(8-5-9-19(16)14(17)21)13(20)10-18-15(22)23-11-12-6-3-2-4-7-12/h2-4,6-7H,5,8-11H2,1H3,(H2,17,21)(H,18,22)/t16-/m1/s1. The summed E-state index contributed by atoms with van der Waals surface area (Å²) >= 11 is 0. The van der Waals surface area contributed by atoms with Gasteiger partial charge in [0.25, 0.3) is 0 Å². The van der Waals surface area contributed by atoms with Crippen LogP contribution in [0.4, 0.5) is 9.59 Å². The topological polar surface area (TPSA) is 102 Å². The van der Waals surface area contributed by atoms with E-state index in [4.69, 9.17) is 10.5 Å². The molecular weight excluding hydrogens is 298 g/mol. The first-order chi connectivity index (χ1) is 10.9. The highest BCUT2D eigenvalue weighted by Crippen LogP contribution is 2.29. The number of nitrogens with one attached hydrogen (secondary N) is 1. The van der Waals surface area contributed by atoms with Crippen LogP contribution in [0.3, 0.4) is 0 Å². The van der Waals surface area contributed by atoms with Crippen LogP contribution < -0.4 is 11.1 Å². The summed E-state index contributed by atoms with van der Waals surface area (Å²) in [5.41, 5.74) is 5.20. The van der Waals surface area contributed by atoms with Gasteiger partial charge >= 0.3 is 12.1 Å². The number of nitrogens with zero attached hydrogens (tertiary/aromatic N) is 1. The molecule has 23 heavy (non-hydrogen) atoms. The van der Waals surface area contributed by atoms with E-state index >= 15 is 0 Å². The normalized spacial score (nSPS) is 20.1. The smallest absolute Gasteiger partial charge is 0.407 e. The van der Waals surface area contributed by atoms with Crippen LogP contribution in [0.5, 0.6) is 0 Å². The summed E-state index contributed by atoms with van der Waals surface area (Å²) in [6, 6.07) is 8.62. The number of primary amides is 1. The molecule has 124 valence electrons. The first-order valence-electron chi connectivity index (χ1n) is 7.48. The van der Waals surface area contributed by atoms with Gasteiger partial charge < -0.3 is 20.7 Å². The molecule has 0 spiro atoms. The first kappa shape index (κ1) is 16.8. The van der Waals surface area contributed by atoms with E-state index in [0.29, 0.717) is 19.4 Å². The zero-order valence-corrected chi connectivity index (χ0v) is 13.1. The number of carbonyl (C=O) groups is 3. The lowest BCUT2D eigenvalue weighted by molar-refractivity contribution is -0.126. The summed E-state index contributed by atoms with van der Waals surface area (Å²) in [5, 5.41) is 2.42. The highest BCUT2D eigenvalue weighted by Gasteiger charge is 2.44. The average molecular weight is 319 g/mol. The molecule has 3 amide bonds. The van der Waals surface area contributed by atoms with Crippen molar-refractivity contribution < 1.29 is 19.1 Å². The van der Waals surface area contributed by atoms with Gasteiger partial charge in [-0.25, -0.2) is 9.59 Å². The number of likely N-dealkylation sites (tertiary alicyclic amines) is 1. The van der Waals surface area contributed by atoms with Crippen LogP contribution in [0, 0.1) is 0 Å². The molecule has 0 aliphatic carbocycles. The van der Waals surface area contributed by atoms with E-state index in [1.54, 1.807) is 6.92 Å². The Morgan fingerprint density at radius 3 is 2.65 bits per heavy atom. The number of hydrogen-bond acceptors (Lipinski definition) is 4. The minimum Gasteiger partial charge on any atom is -0.445 e. The second-order valence-electron chi connectivity index (χ2n) is 5.71. The highest BCUT2D eigenvalue weighted by molar-refractivity contribution is 5.95. The summed E-state index contributed by atoms with van der Waals surface area (Å²) < 4.78 is 5.04. The summed E-state index contributed by atoms with van der Waals surface area (Å²) in [7, 11) is 0. The third-order valence-electron chi connectivity index (χ3n) is 4.11. The Morgan fingerprint density at radius 1 is 1.30 bits per heavy atom. The van der Waals surface area contributed by atoms with Gasteiger partial charge in [-0.2, -0.15) is 0 Å². The Hall–Kier alpha value is -2.57. The molecule has 1 aliphatic heterocycles. The zero-order valence-electron chi connectivity index (χ0n) is 13.1. The molecule has 0 radical (unpaired) electrons. The quantitative estimate of drug-likeness (QED) is 0.856. The molecular formula is C16H21N3O4. The van der Waals surface area contributed by atoms with Crippen LogP contribution in [-0.4, -0.2) is 41.4 Å². The number of urea groups is 1. The Kier molecular flexibility index (Phi) is 5.20. The van der Waals surface area contributed by atoms with E-state index in [0.717, 1.165) is 5.56 Å². The van der Waals surface area contributed by atoms with Crippen molar-refractivity contribution in [3.05, 3.63) is 35.9 Å². The van der Waals surface area contributed by atoms with Crippen molar-refractivity contribution in [1.29, 1.82) is 0 Å². The number of rotatable bonds is 5. The first-order valence-corrected chi connectivity index (χ1v) is 7.48. The van der Waals surface area contributed by atoms with Crippen molar-refractivity contribution in [2.75, 3.05) is 13.1 Å². The van der Waals surface area contributed by atoms with E-state index in [1.807, 2.05) is 30.3 Å². The van der Waals surface area contributed by atoms with Crippen LogP contribution in [0.25, 0.3) is 0 Å². The third-order valence-corrected chi connectivity index (χ3v) is 4.11. The van der Waals surface area contributed by atoms with Gasteiger partial charge in [0.15, 0.2) is 5.78 Å². The molecule has 3 N–H and O–H groups in total. The fraction of sp³-hybridized carbons (Fsp3) is 0.438. The Bertz CT molecular complexity index is 590. The monoisotopic (exact) mass is 319 g/mol. The van der Waals surface area contributed by atoms with Gasteiger partial charge in [-0.15, -0.1) is 0 Å². The predicted molar refractivity (Wildman–Crippen MR) is 83.6 cm³/mol. The van der Waals surface area contributed by atoms with Gasteiger partial charge in [0.05, 0.1) is 6.54 Å². The number of benzene rings is 1. The second kappa shape index (κ2) is 7.13. The molecule has 0 bridgehead atoms. The van der Waals surface area contributed by atoms with Crippen molar-refractivity contribution in [2.24, 2.45) is 5.73 Å². The number of Topliss-reactive ketones (excluding diaryl/α,β-unsaturated/α-hetero) is 1. The second-order valence-corrected chi connectivity index (χ2v) is 5.71. The lowest BCUT2D eigenvalue weighted by Gasteiger charge is -2.32. The highest BCUT2D eigenvalue weighted by atomic mass is 16.5. The molecule has 1 atom stereocenters. The third kappa shape index (κ3) is 4.00. The minimum atomic E-state index is -0.960. The number of alkyl carbamates (subject to hydrolysis) is 1. The summed E-state index contributed by atoms with van der Waals surface area (Å²) in [6.07, 6.45) is 0.577. The van der Waals surface area contributed by atoms with Gasteiger partial charge in [-0.3, -0.25) is 4.79 Å². The van der Waals surface area contributed by atoms with Crippen molar-refractivity contribution in [2.45, 2.75) is 31.9 Å². The molecule has 1 aromatic carbocycles. The molecule has 0 unspecified atom stereocenters. The Morgan fingerprint density at radius 2 is 2.00 bits per heavy atom. The maximum absolute atomic E-state index is 12.3. The largest absolute Gasteiger partial charge is 0.445 e. The molecule has 2 rings (SSSR count). The van der Waals surface area contributed by atoms with Crippen LogP contribution in [0.1, 0.15) is 25.3 Å². The fourth-order valence-electron chi connectivity index (χ4n) is 2.72. The number of ketones is 1. The number of ether oxygens (including phenoxy) is 1. The van der Waals surface area contributed by atoms with Crippen LogP contribution in [-0.2, 0) is 16.1 Å². The van der Waals surface area contributed by atoms with E-state index in [1.165, 1.54) is 4.90 Å². The van der Waals surface area contributed by atoms with E-state index in [-0.39, 0.29) is 18.9 Å². The summed E-state index contributed by atoms with van der Waals surface area (Å²) in [5.74, 6) is -0.259. The lowest BCUT2D eigenvalue weighted by atomic mass is 9.93. The predicted octanol–water partition coefficient (Wildman–Crippen LogP) is 1.42. The summed E-state index contributed by atoms with van der Waals surface area (Å²) in [4.78, 5) is 36.8. The minimum absolute atomic E-state index is 0.130. The van der Waals surface area contributed by atoms with Crippen LogP contribution in [0.15, 0.2) is 30.3 Å². The fourth-order valence-corrected chi connectivity index (χ4v) is 2.72. The number of hydrogen-bond donors (Lipinski definition) is 2. The summed E-state index contributed by atoms with van der Waals surface area (Å²) in [6.45, 7) is 2.06. The van der Waals surface area contributed by atoms with Gasteiger partial charge in [-0.1, -0.05) is 30.3 Å². The molecule has 1 aliphatic rings. The molecule has 1 heterocycles. The number of amides is 3. The van der Waals surface area contributed by atoms with E-state index in [9.17, 15) is 14.4 Å². The maximum atomic E-state index is 12.3. The van der Waals surface area contributed by atoms with Crippen LogP contribution in [0.2, 0.25) is 0 Å². The van der Waals surface area contributed by atoms with E-state index in [2.05, 4.69) is 5.32 Å². The van der Waals surface area contributed by atoms with Gasteiger partial charge in [-0.05, 0) is 25.3 Å². The number of carbonyl (C=O) groups excluding carboxylic acids is 3. The van der Waals surface area contributed by atoms with Gasteiger partial charge in [0.1, 0.15) is 12.1 Å². The molecule has 0 aromatic heterocycles. The molecule has 0 saturated carbocycles. The van der Waals surface area contributed by atoms with Crippen molar-refractivity contribution in [3.63, 3.8) is 0 Å². The molecule has 1 aromatic rings. The van der Waals surface area contributed by atoms with Crippen LogP contribution >= 0.6 is 0 Å². The van der Waals surface area contributed by atoms with Crippen molar-refractivity contribution in [1.82, 2.24) is 10.2 Å². The lowest BCUT2D eigenvalue weighted by Crippen LogP contribution is -2.55. The maximum Gasteiger partial charge on any atom is 0.407 e. The van der Waals surface area contributed by atoms with Crippen molar-refractivity contribution >= 4 is 17.9 Å². The molecule has 1 saturated heterocycles. The molecule has 7 nitrogen and oxygen atoms in total. The Labute approximate surface area is 134 Å². The SMILES string of the molecule is C[C@]1(C(=O)CNC(=O)OCc2ccccc2)CCCN1C(N)=O. The average Bonchev–Trinajstić information content (AvgIpc) is 2.95. The van der Waals surface area contributed by atoms with Gasteiger partial charge in [0.2, 0.25) is 0 Å². The molecule has 7 heteroatoms. The number of nitrogens with two attached hydrogens (primary N) is 1. The van der Waals surface area contributed by atoms with E-state index < -0.39 is 17.7 Å². The van der Waals surface area contributed by atoms with Crippen molar-refractivity contribution in [3.8, 4) is 0 Å².